The fraction of sp³-hybridized carbons (Fsp3) is 0.227. The van der Waals surface area contributed by atoms with Crippen molar-refractivity contribution in [3.63, 3.8) is 0 Å². The summed E-state index contributed by atoms with van der Waals surface area (Å²) >= 11 is 0. The quantitative estimate of drug-likeness (QED) is 0.664. The molecule has 0 bridgehead atoms. The van der Waals surface area contributed by atoms with Gasteiger partial charge in [0, 0.05) is 18.4 Å². The average molecular weight is 360 g/mol. The summed E-state index contributed by atoms with van der Waals surface area (Å²) in [6.07, 6.45) is 1.59. The average Bonchev–Trinajstić information content (AvgIpc) is 2.68. The molecule has 0 aliphatic carbocycles. The third kappa shape index (κ3) is 4.70. The van der Waals surface area contributed by atoms with Gasteiger partial charge in [-0.25, -0.2) is 9.97 Å². The minimum atomic E-state index is -0.239. The van der Waals surface area contributed by atoms with Gasteiger partial charge in [0.2, 0.25) is 5.95 Å². The molecule has 138 valence electrons. The topological polar surface area (TPSA) is 66.9 Å². The molecule has 1 aromatic heterocycles. The highest BCUT2D eigenvalue weighted by molar-refractivity contribution is 6.03. The van der Waals surface area contributed by atoms with Crippen LogP contribution in [-0.4, -0.2) is 15.9 Å². The van der Waals surface area contributed by atoms with Crippen LogP contribution in [0.15, 0.2) is 60.8 Å². The van der Waals surface area contributed by atoms with Gasteiger partial charge in [-0.15, -0.1) is 0 Å². The van der Waals surface area contributed by atoms with Crippen LogP contribution in [0, 0.1) is 6.92 Å². The normalized spacial score (nSPS) is 10.7. The summed E-state index contributed by atoms with van der Waals surface area (Å²) in [6.45, 7) is 6.82. The smallest absolute Gasteiger partial charge is 0.274 e. The molecule has 3 aromatic rings. The molecule has 27 heavy (non-hydrogen) atoms. The molecule has 0 unspecified atom stereocenters. The molecule has 0 fully saturated rings. The molecule has 1 amide bonds. The molecule has 1 heterocycles. The molecule has 0 atom stereocenters. The number of anilines is 2. The molecule has 3 rings (SSSR count). The number of benzene rings is 2. The summed E-state index contributed by atoms with van der Waals surface area (Å²) in [5, 5.41) is 6.18. The van der Waals surface area contributed by atoms with Crippen LogP contribution in [-0.2, 0) is 6.54 Å². The number of amides is 1. The van der Waals surface area contributed by atoms with Crippen LogP contribution >= 0.6 is 0 Å². The number of aromatic nitrogens is 2. The first-order valence-corrected chi connectivity index (χ1v) is 9.06. The van der Waals surface area contributed by atoms with Crippen molar-refractivity contribution in [2.75, 3.05) is 10.6 Å². The standard InChI is InChI=1S/C22H24N4O/c1-15(2)18-11-7-8-16(3)20(18)26-21(27)19-12-13-23-22(25-19)24-14-17-9-5-4-6-10-17/h4-13,15H,14H2,1-3H3,(H,26,27)(H,23,24,25). The van der Waals surface area contributed by atoms with E-state index in [9.17, 15) is 4.79 Å². The molecule has 5 heteroatoms. The van der Waals surface area contributed by atoms with E-state index in [0.29, 0.717) is 24.1 Å². The van der Waals surface area contributed by atoms with Gasteiger partial charge in [0.25, 0.3) is 5.91 Å². The zero-order chi connectivity index (χ0) is 19.2. The number of carbonyl (C=O) groups is 1. The van der Waals surface area contributed by atoms with Gasteiger partial charge in [0.15, 0.2) is 0 Å². The number of nitrogens with zero attached hydrogens (tertiary/aromatic N) is 2. The molecule has 0 saturated heterocycles. The van der Waals surface area contributed by atoms with E-state index < -0.39 is 0 Å². The van der Waals surface area contributed by atoms with Gasteiger partial charge in [-0.1, -0.05) is 62.4 Å². The molecule has 0 aliphatic rings. The maximum absolute atomic E-state index is 12.7. The van der Waals surface area contributed by atoms with Crippen molar-refractivity contribution in [3.8, 4) is 0 Å². The Morgan fingerprint density at radius 2 is 1.81 bits per heavy atom. The Bertz CT molecular complexity index is 923. The first kappa shape index (κ1) is 18.6. The molecule has 0 radical (unpaired) electrons. The van der Waals surface area contributed by atoms with Crippen LogP contribution < -0.4 is 10.6 Å². The highest BCUT2D eigenvalue weighted by Gasteiger charge is 2.14. The lowest BCUT2D eigenvalue weighted by molar-refractivity contribution is 0.102. The van der Waals surface area contributed by atoms with Gasteiger partial charge in [0.1, 0.15) is 5.69 Å². The Morgan fingerprint density at radius 3 is 2.56 bits per heavy atom. The summed E-state index contributed by atoms with van der Waals surface area (Å²) < 4.78 is 0. The van der Waals surface area contributed by atoms with E-state index in [1.807, 2.05) is 55.5 Å². The van der Waals surface area contributed by atoms with Crippen molar-refractivity contribution in [2.24, 2.45) is 0 Å². The summed E-state index contributed by atoms with van der Waals surface area (Å²) in [4.78, 5) is 21.3. The van der Waals surface area contributed by atoms with E-state index in [2.05, 4.69) is 34.4 Å². The second-order valence-electron chi connectivity index (χ2n) is 6.75. The van der Waals surface area contributed by atoms with E-state index in [4.69, 9.17) is 0 Å². The van der Waals surface area contributed by atoms with Crippen LogP contribution in [0.1, 0.15) is 46.9 Å². The molecule has 0 aliphatic heterocycles. The molecule has 2 aromatic carbocycles. The summed E-state index contributed by atoms with van der Waals surface area (Å²) in [7, 11) is 0. The van der Waals surface area contributed by atoms with E-state index in [1.165, 1.54) is 0 Å². The van der Waals surface area contributed by atoms with Gasteiger partial charge in [0.05, 0.1) is 0 Å². The number of rotatable bonds is 6. The zero-order valence-corrected chi connectivity index (χ0v) is 15.9. The summed E-state index contributed by atoms with van der Waals surface area (Å²) in [5.41, 5.74) is 4.46. The Balaban J connectivity index is 1.74. The lowest BCUT2D eigenvalue weighted by Gasteiger charge is -2.16. The maximum Gasteiger partial charge on any atom is 0.274 e. The van der Waals surface area contributed by atoms with E-state index >= 15 is 0 Å². The predicted octanol–water partition coefficient (Wildman–Crippen LogP) is 4.77. The summed E-state index contributed by atoms with van der Waals surface area (Å²) in [6, 6.07) is 17.7. The fourth-order valence-electron chi connectivity index (χ4n) is 2.87. The Morgan fingerprint density at radius 1 is 1.04 bits per heavy atom. The zero-order valence-electron chi connectivity index (χ0n) is 15.9. The molecule has 2 N–H and O–H groups in total. The number of hydrogen-bond acceptors (Lipinski definition) is 4. The van der Waals surface area contributed by atoms with Crippen molar-refractivity contribution < 1.29 is 4.79 Å². The number of aryl methyl sites for hydroxylation is 1. The molecular formula is C22H24N4O. The van der Waals surface area contributed by atoms with Crippen molar-refractivity contribution in [1.29, 1.82) is 0 Å². The van der Waals surface area contributed by atoms with E-state index in [-0.39, 0.29) is 5.91 Å². The van der Waals surface area contributed by atoms with Gasteiger partial charge >= 0.3 is 0 Å². The molecule has 0 spiro atoms. The lowest BCUT2D eigenvalue weighted by atomic mass is 9.98. The van der Waals surface area contributed by atoms with Crippen molar-refractivity contribution in [3.05, 3.63) is 83.2 Å². The van der Waals surface area contributed by atoms with Gasteiger partial charge in [-0.2, -0.15) is 0 Å². The number of para-hydroxylation sites is 1. The second-order valence-corrected chi connectivity index (χ2v) is 6.75. The minimum absolute atomic E-state index is 0.239. The molecule has 0 saturated carbocycles. The summed E-state index contributed by atoms with van der Waals surface area (Å²) in [5.74, 6) is 0.505. The third-order valence-electron chi connectivity index (χ3n) is 4.35. The SMILES string of the molecule is Cc1cccc(C(C)C)c1NC(=O)c1ccnc(NCc2ccccc2)n1. The molecule has 5 nitrogen and oxygen atoms in total. The highest BCUT2D eigenvalue weighted by Crippen LogP contribution is 2.27. The fourth-order valence-corrected chi connectivity index (χ4v) is 2.87. The van der Waals surface area contributed by atoms with Gasteiger partial charge in [-0.05, 0) is 35.6 Å². The monoisotopic (exact) mass is 360 g/mol. The van der Waals surface area contributed by atoms with Crippen LogP contribution in [0.2, 0.25) is 0 Å². The van der Waals surface area contributed by atoms with Crippen molar-refractivity contribution in [2.45, 2.75) is 33.2 Å². The van der Waals surface area contributed by atoms with Crippen LogP contribution in [0.3, 0.4) is 0 Å². The first-order chi connectivity index (χ1) is 13.0. The third-order valence-corrected chi connectivity index (χ3v) is 4.35. The predicted molar refractivity (Wildman–Crippen MR) is 109 cm³/mol. The van der Waals surface area contributed by atoms with Crippen molar-refractivity contribution >= 4 is 17.5 Å². The van der Waals surface area contributed by atoms with Gasteiger partial charge in [-0.3, -0.25) is 4.79 Å². The second kappa shape index (κ2) is 8.45. The first-order valence-electron chi connectivity index (χ1n) is 9.06. The Kier molecular flexibility index (Phi) is 5.81. The van der Waals surface area contributed by atoms with Gasteiger partial charge < -0.3 is 10.6 Å². The molecular weight excluding hydrogens is 336 g/mol. The number of carbonyl (C=O) groups excluding carboxylic acids is 1. The van der Waals surface area contributed by atoms with E-state index in [1.54, 1.807) is 12.3 Å². The van der Waals surface area contributed by atoms with Crippen molar-refractivity contribution in [1.82, 2.24) is 9.97 Å². The van der Waals surface area contributed by atoms with Crippen LogP contribution in [0.4, 0.5) is 11.6 Å². The number of hydrogen-bond donors (Lipinski definition) is 2. The maximum atomic E-state index is 12.7. The Hall–Kier alpha value is -3.21. The van der Waals surface area contributed by atoms with Crippen LogP contribution in [0.5, 0.6) is 0 Å². The van der Waals surface area contributed by atoms with Crippen LogP contribution in [0.25, 0.3) is 0 Å². The van der Waals surface area contributed by atoms with E-state index in [0.717, 1.165) is 22.4 Å². The Labute approximate surface area is 159 Å². The lowest BCUT2D eigenvalue weighted by Crippen LogP contribution is -2.17. The highest BCUT2D eigenvalue weighted by atomic mass is 16.1. The minimum Gasteiger partial charge on any atom is -0.350 e. The number of nitrogens with one attached hydrogen (secondary N) is 2. The largest absolute Gasteiger partial charge is 0.350 e.